The van der Waals surface area contributed by atoms with Gasteiger partial charge in [0.1, 0.15) is 12.2 Å². The molecule has 0 aromatic heterocycles. The molecule has 0 saturated heterocycles. The summed E-state index contributed by atoms with van der Waals surface area (Å²) in [6, 6.07) is 18.1. The average molecular weight is 419 g/mol. The highest BCUT2D eigenvalue weighted by molar-refractivity contribution is 5.90. The molecule has 0 N–H and O–H groups in total. The first kappa shape index (κ1) is 20.3. The van der Waals surface area contributed by atoms with Crippen LogP contribution < -0.4 is 0 Å². The lowest BCUT2D eigenvalue weighted by molar-refractivity contribution is -0.0976. The summed E-state index contributed by atoms with van der Waals surface area (Å²) in [5.41, 5.74) is 1.66. The van der Waals surface area contributed by atoms with Crippen LogP contribution in [-0.4, -0.2) is 24.1 Å². The van der Waals surface area contributed by atoms with Crippen LogP contribution in [0.5, 0.6) is 0 Å². The van der Waals surface area contributed by atoms with E-state index in [0.29, 0.717) is 33.8 Å². The second kappa shape index (κ2) is 7.51. The van der Waals surface area contributed by atoms with Crippen LogP contribution in [0.15, 0.2) is 60.7 Å². The van der Waals surface area contributed by atoms with Crippen LogP contribution in [0, 0.1) is 22.7 Å². The van der Waals surface area contributed by atoms with Gasteiger partial charge < -0.3 is 9.47 Å². The molecule has 2 aromatic rings. The van der Waals surface area contributed by atoms with Crippen LogP contribution >= 0.6 is 0 Å². The summed E-state index contributed by atoms with van der Waals surface area (Å²) >= 11 is 0. The van der Waals surface area contributed by atoms with Gasteiger partial charge in [0.15, 0.2) is 0 Å². The van der Waals surface area contributed by atoms with Gasteiger partial charge >= 0.3 is 11.9 Å². The SMILES string of the molecule is CC12CCC(C)(C1)C1CC(OC(=O)c3ccccc3)C(OC(=O)c3ccccc3)CC12. The topological polar surface area (TPSA) is 52.6 Å². The van der Waals surface area contributed by atoms with Crippen molar-refractivity contribution < 1.29 is 19.1 Å². The largest absolute Gasteiger partial charge is 0.455 e. The van der Waals surface area contributed by atoms with Gasteiger partial charge in [-0.2, -0.15) is 0 Å². The molecular formula is C27H30O4. The lowest BCUT2D eigenvalue weighted by Crippen LogP contribution is -2.48. The molecule has 3 aliphatic rings. The van der Waals surface area contributed by atoms with Crippen molar-refractivity contribution in [3.8, 4) is 0 Å². The molecule has 3 saturated carbocycles. The summed E-state index contributed by atoms with van der Waals surface area (Å²) in [6.45, 7) is 4.80. The van der Waals surface area contributed by atoms with E-state index in [1.807, 2.05) is 36.4 Å². The molecule has 6 atom stereocenters. The maximum atomic E-state index is 12.8. The van der Waals surface area contributed by atoms with Gasteiger partial charge in [-0.3, -0.25) is 0 Å². The van der Waals surface area contributed by atoms with Gasteiger partial charge in [0, 0.05) is 0 Å². The Labute approximate surface area is 183 Å². The number of ether oxygens (including phenoxy) is 2. The first-order valence-electron chi connectivity index (χ1n) is 11.4. The Kier molecular flexibility index (Phi) is 4.91. The van der Waals surface area contributed by atoms with E-state index in [-0.39, 0.29) is 11.9 Å². The van der Waals surface area contributed by atoms with E-state index < -0.39 is 12.2 Å². The lowest BCUT2D eigenvalue weighted by Gasteiger charge is -2.48. The fourth-order valence-corrected chi connectivity index (χ4v) is 6.78. The van der Waals surface area contributed by atoms with Gasteiger partial charge in [0.2, 0.25) is 0 Å². The summed E-state index contributed by atoms with van der Waals surface area (Å²) < 4.78 is 12.0. The van der Waals surface area contributed by atoms with Crippen LogP contribution in [-0.2, 0) is 9.47 Å². The zero-order valence-corrected chi connectivity index (χ0v) is 18.3. The van der Waals surface area contributed by atoms with Crippen molar-refractivity contribution in [2.24, 2.45) is 22.7 Å². The van der Waals surface area contributed by atoms with Gasteiger partial charge in [-0.15, -0.1) is 0 Å². The molecule has 4 nitrogen and oxygen atoms in total. The average Bonchev–Trinajstić information content (AvgIpc) is 3.22. The molecule has 2 bridgehead atoms. The van der Waals surface area contributed by atoms with Crippen molar-refractivity contribution in [3.05, 3.63) is 71.8 Å². The molecule has 5 rings (SSSR count). The summed E-state index contributed by atoms with van der Waals surface area (Å²) in [5.74, 6) is 0.326. The molecule has 0 heterocycles. The zero-order valence-electron chi connectivity index (χ0n) is 18.3. The maximum absolute atomic E-state index is 12.8. The number of carbonyl (C=O) groups excluding carboxylic acids is 2. The van der Waals surface area contributed by atoms with Gasteiger partial charge in [0.25, 0.3) is 0 Å². The Morgan fingerprint density at radius 3 is 1.48 bits per heavy atom. The normalized spacial score (nSPS) is 35.9. The number of benzene rings is 2. The molecule has 3 aliphatic carbocycles. The third-order valence-corrected chi connectivity index (χ3v) is 8.27. The summed E-state index contributed by atoms with van der Waals surface area (Å²) in [6.07, 6.45) is 4.39. The van der Waals surface area contributed by atoms with Crippen LogP contribution in [0.1, 0.15) is 66.7 Å². The predicted molar refractivity (Wildman–Crippen MR) is 118 cm³/mol. The first-order chi connectivity index (χ1) is 14.9. The standard InChI is InChI=1S/C27H30O4/c1-26-13-14-27(2,17-26)21-16-23(31-25(29)19-11-7-4-8-12-19)22(15-20(21)26)30-24(28)18-9-5-3-6-10-18/h3-12,20-23H,13-17H2,1-2H3. The van der Waals surface area contributed by atoms with Crippen molar-refractivity contribution >= 4 is 11.9 Å². The van der Waals surface area contributed by atoms with Crippen LogP contribution in [0.2, 0.25) is 0 Å². The van der Waals surface area contributed by atoms with E-state index in [4.69, 9.17) is 9.47 Å². The minimum absolute atomic E-state index is 0.297. The minimum Gasteiger partial charge on any atom is -0.455 e. The van der Waals surface area contributed by atoms with E-state index in [1.54, 1.807) is 24.3 Å². The molecule has 31 heavy (non-hydrogen) atoms. The fourth-order valence-electron chi connectivity index (χ4n) is 6.78. The predicted octanol–water partition coefficient (Wildman–Crippen LogP) is 5.67. The molecular weight excluding hydrogens is 388 g/mol. The minimum atomic E-state index is -0.415. The monoisotopic (exact) mass is 418 g/mol. The van der Waals surface area contributed by atoms with E-state index >= 15 is 0 Å². The molecule has 3 fully saturated rings. The Bertz CT molecular complexity index is 892. The van der Waals surface area contributed by atoms with E-state index in [9.17, 15) is 9.59 Å². The van der Waals surface area contributed by atoms with Crippen molar-refractivity contribution in [1.82, 2.24) is 0 Å². The van der Waals surface area contributed by atoms with Crippen molar-refractivity contribution in [2.45, 2.75) is 58.2 Å². The summed E-state index contributed by atoms with van der Waals surface area (Å²) in [5, 5.41) is 0. The van der Waals surface area contributed by atoms with E-state index in [1.165, 1.54) is 19.3 Å². The molecule has 6 unspecified atom stereocenters. The third kappa shape index (κ3) is 3.56. The third-order valence-electron chi connectivity index (χ3n) is 8.27. The Morgan fingerprint density at radius 2 is 1.10 bits per heavy atom. The fraction of sp³-hybridized carbons (Fsp3) is 0.481. The quantitative estimate of drug-likeness (QED) is 0.600. The van der Waals surface area contributed by atoms with Crippen LogP contribution in [0.25, 0.3) is 0 Å². The maximum Gasteiger partial charge on any atom is 0.338 e. The highest BCUT2D eigenvalue weighted by Crippen LogP contribution is 2.70. The Balaban J connectivity index is 1.40. The van der Waals surface area contributed by atoms with Crippen LogP contribution in [0.4, 0.5) is 0 Å². The van der Waals surface area contributed by atoms with Gasteiger partial charge in [0.05, 0.1) is 11.1 Å². The number of hydrogen-bond donors (Lipinski definition) is 0. The summed E-state index contributed by atoms with van der Waals surface area (Å²) in [7, 11) is 0. The molecule has 2 aromatic carbocycles. The number of hydrogen-bond acceptors (Lipinski definition) is 4. The van der Waals surface area contributed by atoms with E-state index in [0.717, 1.165) is 12.8 Å². The van der Waals surface area contributed by atoms with Crippen molar-refractivity contribution in [1.29, 1.82) is 0 Å². The molecule has 162 valence electrons. The Hall–Kier alpha value is -2.62. The molecule has 4 heteroatoms. The van der Waals surface area contributed by atoms with Crippen molar-refractivity contribution in [3.63, 3.8) is 0 Å². The second-order valence-electron chi connectivity index (χ2n) is 10.3. The second-order valence-corrected chi connectivity index (χ2v) is 10.3. The van der Waals surface area contributed by atoms with E-state index in [2.05, 4.69) is 13.8 Å². The number of esters is 2. The van der Waals surface area contributed by atoms with Gasteiger partial charge in [-0.1, -0.05) is 50.2 Å². The molecule has 0 radical (unpaired) electrons. The highest BCUT2D eigenvalue weighted by atomic mass is 16.6. The lowest BCUT2D eigenvalue weighted by atomic mass is 9.61. The molecule has 0 aliphatic heterocycles. The first-order valence-corrected chi connectivity index (χ1v) is 11.4. The van der Waals surface area contributed by atoms with Crippen molar-refractivity contribution in [2.75, 3.05) is 0 Å². The van der Waals surface area contributed by atoms with Crippen LogP contribution in [0.3, 0.4) is 0 Å². The van der Waals surface area contributed by atoms with Gasteiger partial charge in [-0.05, 0) is 79.0 Å². The zero-order chi connectivity index (χ0) is 21.6. The highest BCUT2D eigenvalue weighted by Gasteiger charge is 2.64. The number of rotatable bonds is 4. The molecule has 0 amide bonds. The summed E-state index contributed by atoms with van der Waals surface area (Å²) in [4.78, 5) is 25.7. The Morgan fingerprint density at radius 1 is 0.710 bits per heavy atom. The smallest absolute Gasteiger partial charge is 0.338 e. The van der Waals surface area contributed by atoms with Gasteiger partial charge in [-0.25, -0.2) is 9.59 Å². The molecule has 0 spiro atoms. The number of carbonyl (C=O) groups is 2. The number of fused-ring (bicyclic) bond motifs is 5.